The van der Waals surface area contributed by atoms with Gasteiger partial charge in [-0.05, 0) is 49.3 Å². The van der Waals surface area contributed by atoms with Crippen LogP contribution in [0.5, 0.6) is 5.75 Å². The summed E-state index contributed by atoms with van der Waals surface area (Å²) < 4.78 is 5.81. The third-order valence-corrected chi connectivity index (χ3v) is 5.45. The molecule has 2 saturated carbocycles. The van der Waals surface area contributed by atoms with Crippen molar-refractivity contribution in [1.29, 1.82) is 0 Å². The first-order valence-corrected chi connectivity index (χ1v) is 10.5. The molecule has 1 aliphatic heterocycles. The molecular formula is C22H26N6O2. The van der Waals surface area contributed by atoms with E-state index in [1.807, 2.05) is 24.3 Å². The zero-order valence-electron chi connectivity index (χ0n) is 16.9. The molecule has 0 radical (unpaired) electrons. The quantitative estimate of drug-likeness (QED) is 0.555. The van der Waals surface area contributed by atoms with Gasteiger partial charge in [0.2, 0.25) is 0 Å². The van der Waals surface area contributed by atoms with Gasteiger partial charge in [0.25, 0.3) is 0 Å². The van der Waals surface area contributed by atoms with E-state index < -0.39 is 0 Å². The summed E-state index contributed by atoms with van der Waals surface area (Å²) in [5, 5.41) is 2.95. The van der Waals surface area contributed by atoms with Crippen LogP contribution in [-0.2, 0) is 13.1 Å². The number of amides is 2. The molecule has 8 heteroatoms. The number of ether oxygens (including phenoxy) is 1. The lowest BCUT2D eigenvalue weighted by molar-refractivity contribution is 0.214. The van der Waals surface area contributed by atoms with Crippen molar-refractivity contribution in [2.24, 2.45) is 5.92 Å². The van der Waals surface area contributed by atoms with E-state index in [0.29, 0.717) is 25.5 Å². The summed E-state index contributed by atoms with van der Waals surface area (Å²) in [4.78, 5) is 22.6. The highest BCUT2D eigenvalue weighted by Crippen LogP contribution is 2.32. The van der Waals surface area contributed by atoms with Gasteiger partial charge in [-0.3, -0.25) is 0 Å². The van der Waals surface area contributed by atoms with Crippen LogP contribution < -0.4 is 20.9 Å². The fourth-order valence-corrected chi connectivity index (χ4v) is 3.34. The Labute approximate surface area is 175 Å². The van der Waals surface area contributed by atoms with Crippen LogP contribution in [0.25, 0.3) is 0 Å². The Balaban J connectivity index is 1.08. The highest BCUT2D eigenvalue weighted by Gasteiger charge is 2.30. The molecule has 2 heterocycles. The van der Waals surface area contributed by atoms with Crippen LogP contribution in [-0.4, -0.2) is 34.1 Å². The normalized spacial score (nSPS) is 17.9. The Morgan fingerprint density at radius 3 is 2.80 bits per heavy atom. The lowest BCUT2D eigenvalue weighted by Gasteiger charge is -2.13. The summed E-state index contributed by atoms with van der Waals surface area (Å²) in [6.45, 7) is 2.43. The number of hydrogen-bond donors (Lipinski definition) is 3. The van der Waals surface area contributed by atoms with E-state index in [-0.39, 0.29) is 6.03 Å². The number of carbonyl (C=O) groups excluding carboxylic acids is 1. The number of nitrogens with zero attached hydrogens (tertiary/aromatic N) is 3. The Bertz CT molecular complexity index is 948. The minimum Gasteiger partial charge on any atom is -0.493 e. The smallest absolute Gasteiger partial charge is 0.322 e. The first-order chi connectivity index (χ1) is 14.7. The zero-order chi connectivity index (χ0) is 20.3. The van der Waals surface area contributed by atoms with Gasteiger partial charge in [0, 0.05) is 36.3 Å². The number of urea groups is 1. The van der Waals surface area contributed by atoms with Crippen molar-refractivity contribution in [3.8, 4) is 5.75 Å². The van der Waals surface area contributed by atoms with Gasteiger partial charge in [-0.25, -0.2) is 20.2 Å². The second-order valence-corrected chi connectivity index (χ2v) is 8.14. The second-order valence-electron chi connectivity index (χ2n) is 8.14. The van der Waals surface area contributed by atoms with Crippen molar-refractivity contribution in [2.75, 3.05) is 18.6 Å². The summed E-state index contributed by atoms with van der Waals surface area (Å²) in [5.74, 6) is 2.26. The SMILES string of the molecule is O=C1NC(=C2CC2)CN1Cc1ncc(CNNc2cccc(OCC3CC3)c2)cn1. The lowest BCUT2D eigenvalue weighted by Crippen LogP contribution is -2.28. The van der Waals surface area contributed by atoms with Crippen LogP contribution in [0.15, 0.2) is 47.9 Å². The number of carbonyl (C=O) groups is 1. The molecule has 3 N–H and O–H groups in total. The topological polar surface area (TPSA) is 91.4 Å². The fourth-order valence-electron chi connectivity index (χ4n) is 3.34. The van der Waals surface area contributed by atoms with E-state index in [1.165, 1.54) is 18.4 Å². The molecule has 3 fully saturated rings. The minimum absolute atomic E-state index is 0.0636. The molecule has 5 rings (SSSR count). The monoisotopic (exact) mass is 406 g/mol. The van der Waals surface area contributed by atoms with Crippen molar-refractivity contribution in [3.63, 3.8) is 0 Å². The number of hydrogen-bond acceptors (Lipinski definition) is 6. The van der Waals surface area contributed by atoms with Crippen LogP contribution in [0.2, 0.25) is 0 Å². The van der Waals surface area contributed by atoms with Crippen molar-refractivity contribution in [2.45, 2.75) is 38.8 Å². The largest absolute Gasteiger partial charge is 0.493 e. The third kappa shape index (κ3) is 4.88. The number of nitrogens with one attached hydrogen (secondary N) is 3. The van der Waals surface area contributed by atoms with Crippen LogP contribution in [0.3, 0.4) is 0 Å². The van der Waals surface area contributed by atoms with Crippen LogP contribution in [0.4, 0.5) is 10.5 Å². The van der Waals surface area contributed by atoms with Gasteiger partial charge in [0.05, 0.1) is 25.4 Å². The predicted molar refractivity (Wildman–Crippen MR) is 112 cm³/mol. The molecule has 2 amide bonds. The Kier molecular flexibility index (Phi) is 5.23. The average molecular weight is 406 g/mol. The molecule has 30 heavy (non-hydrogen) atoms. The van der Waals surface area contributed by atoms with E-state index in [9.17, 15) is 4.79 Å². The van der Waals surface area contributed by atoms with E-state index in [0.717, 1.165) is 48.1 Å². The zero-order valence-corrected chi connectivity index (χ0v) is 16.9. The highest BCUT2D eigenvalue weighted by atomic mass is 16.5. The van der Waals surface area contributed by atoms with Gasteiger partial charge in [0.1, 0.15) is 11.6 Å². The van der Waals surface area contributed by atoms with Crippen molar-refractivity contribution >= 4 is 11.7 Å². The molecule has 156 valence electrons. The van der Waals surface area contributed by atoms with Crippen molar-refractivity contribution in [1.82, 2.24) is 25.6 Å². The van der Waals surface area contributed by atoms with E-state index in [1.54, 1.807) is 17.3 Å². The third-order valence-electron chi connectivity index (χ3n) is 5.45. The van der Waals surface area contributed by atoms with E-state index in [2.05, 4.69) is 26.1 Å². The van der Waals surface area contributed by atoms with Crippen LogP contribution >= 0.6 is 0 Å². The maximum atomic E-state index is 12.1. The summed E-state index contributed by atoms with van der Waals surface area (Å²) in [5.41, 5.74) is 10.7. The molecule has 0 spiro atoms. The lowest BCUT2D eigenvalue weighted by atomic mass is 10.3. The number of aromatic nitrogens is 2. The molecule has 2 aromatic rings. The van der Waals surface area contributed by atoms with Gasteiger partial charge in [-0.1, -0.05) is 6.07 Å². The van der Waals surface area contributed by atoms with Gasteiger partial charge in [-0.2, -0.15) is 0 Å². The molecule has 0 bridgehead atoms. The van der Waals surface area contributed by atoms with Crippen molar-refractivity contribution < 1.29 is 9.53 Å². The fraction of sp³-hybridized carbons (Fsp3) is 0.409. The molecule has 1 aromatic heterocycles. The number of anilines is 1. The van der Waals surface area contributed by atoms with Gasteiger partial charge < -0.3 is 20.4 Å². The van der Waals surface area contributed by atoms with Crippen molar-refractivity contribution in [3.05, 3.63) is 59.3 Å². The molecule has 1 aromatic carbocycles. The Morgan fingerprint density at radius 1 is 1.20 bits per heavy atom. The highest BCUT2D eigenvalue weighted by molar-refractivity contribution is 5.80. The van der Waals surface area contributed by atoms with Gasteiger partial charge in [0.15, 0.2) is 0 Å². The predicted octanol–water partition coefficient (Wildman–Crippen LogP) is 2.96. The summed E-state index contributed by atoms with van der Waals surface area (Å²) in [6, 6.07) is 7.87. The molecule has 1 saturated heterocycles. The summed E-state index contributed by atoms with van der Waals surface area (Å²) in [6.07, 6.45) is 8.36. The summed E-state index contributed by atoms with van der Waals surface area (Å²) in [7, 11) is 0. The number of hydrazine groups is 1. The standard InChI is InChI=1S/C22H26N6O2/c29-22-26-20(17-6-7-17)12-28(22)13-21-23-9-16(10-24-21)11-25-27-18-2-1-3-19(8-18)30-14-15-4-5-15/h1-3,8-10,15,25,27H,4-7,11-14H2,(H,26,29). The molecule has 3 aliphatic rings. The van der Waals surface area contributed by atoms with E-state index >= 15 is 0 Å². The molecule has 8 nitrogen and oxygen atoms in total. The Hall–Kier alpha value is -3.13. The molecule has 2 aliphatic carbocycles. The number of allylic oxidation sites excluding steroid dienone is 1. The maximum absolute atomic E-state index is 12.1. The Morgan fingerprint density at radius 2 is 2.03 bits per heavy atom. The number of benzene rings is 1. The second kappa shape index (κ2) is 8.31. The average Bonchev–Trinajstić information content (AvgIpc) is 3.68. The molecule has 0 unspecified atom stereocenters. The first-order valence-electron chi connectivity index (χ1n) is 10.5. The van der Waals surface area contributed by atoms with Gasteiger partial charge in [-0.15, -0.1) is 0 Å². The molecular weight excluding hydrogens is 380 g/mol. The minimum atomic E-state index is -0.0636. The van der Waals surface area contributed by atoms with Crippen LogP contribution in [0.1, 0.15) is 37.1 Å². The van der Waals surface area contributed by atoms with E-state index in [4.69, 9.17) is 4.74 Å². The first kappa shape index (κ1) is 18.9. The van der Waals surface area contributed by atoms with Gasteiger partial charge >= 0.3 is 6.03 Å². The maximum Gasteiger partial charge on any atom is 0.322 e. The number of rotatable bonds is 9. The molecule has 0 atom stereocenters. The van der Waals surface area contributed by atoms with Crippen LogP contribution in [0, 0.1) is 5.92 Å². The summed E-state index contributed by atoms with van der Waals surface area (Å²) >= 11 is 0.